The van der Waals surface area contributed by atoms with Crippen LogP contribution >= 0.6 is 0 Å². The average molecular weight is 367 g/mol. The summed E-state index contributed by atoms with van der Waals surface area (Å²) < 4.78 is 5.95. The molecular weight excluding hydrogens is 336 g/mol. The summed E-state index contributed by atoms with van der Waals surface area (Å²) >= 11 is 0. The number of allylic oxidation sites excluding steroid dienone is 2. The van der Waals surface area contributed by atoms with E-state index >= 15 is 0 Å². The van der Waals surface area contributed by atoms with Gasteiger partial charge in [0, 0.05) is 22.7 Å². The molecule has 1 heterocycles. The zero-order chi connectivity index (χ0) is 19.6. The number of amides is 1. The molecule has 1 aromatic heterocycles. The van der Waals surface area contributed by atoms with Crippen LogP contribution in [0.3, 0.4) is 0 Å². The second kappa shape index (κ2) is 10.5. The lowest BCUT2D eigenvalue weighted by atomic mass is 10.1. The number of aryl methyl sites for hydroxylation is 2. The molecule has 4 heteroatoms. The number of primary amides is 1. The van der Waals surface area contributed by atoms with Crippen molar-refractivity contribution in [3.05, 3.63) is 59.5 Å². The molecular formula is C23H30N2O2. The molecule has 4 nitrogen and oxygen atoms in total. The summed E-state index contributed by atoms with van der Waals surface area (Å²) in [5, 5.41) is 2.20. The molecule has 0 spiro atoms. The van der Waals surface area contributed by atoms with Gasteiger partial charge in [-0.05, 0) is 38.2 Å². The molecule has 0 atom stereocenters. The highest BCUT2D eigenvalue weighted by Crippen LogP contribution is 2.28. The number of hydrogen-bond donors (Lipinski definition) is 1. The third kappa shape index (κ3) is 6.24. The van der Waals surface area contributed by atoms with E-state index in [1.165, 1.54) is 31.8 Å². The van der Waals surface area contributed by atoms with Gasteiger partial charge in [0.05, 0.1) is 0 Å². The molecule has 0 aliphatic rings. The van der Waals surface area contributed by atoms with E-state index in [0.29, 0.717) is 11.6 Å². The monoisotopic (exact) mass is 366 g/mol. The number of aromatic nitrogens is 1. The molecule has 2 rings (SSSR count). The van der Waals surface area contributed by atoms with Gasteiger partial charge in [-0.1, -0.05) is 62.9 Å². The van der Waals surface area contributed by atoms with Gasteiger partial charge in [0.2, 0.25) is 11.8 Å². The summed E-state index contributed by atoms with van der Waals surface area (Å²) in [7, 11) is 0. The number of carbonyl (C=O) groups excluding carboxylic acids is 1. The Hall–Kier alpha value is -2.62. The van der Waals surface area contributed by atoms with Crippen LogP contribution in [0, 0.1) is 13.8 Å². The van der Waals surface area contributed by atoms with Crippen LogP contribution in [0.4, 0.5) is 0 Å². The predicted molar refractivity (Wildman–Crippen MR) is 112 cm³/mol. The van der Waals surface area contributed by atoms with E-state index < -0.39 is 5.91 Å². The first kappa shape index (κ1) is 20.7. The standard InChI is InChI=1S/C23H30N2O2/c1-4-5-6-7-8-9-10-13-19(16-22(24)26)27-23-17(2)20-14-11-12-15-21(20)18(3)25-23/h10-16H,4-9H2,1-3H3,(H2,24,26)/b13-10+,19-16+. The number of fused-ring (bicyclic) bond motifs is 1. The lowest BCUT2D eigenvalue weighted by Crippen LogP contribution is -2.09. The summed E-state index contributed by atoms with van der Waals surface area (Å²) in [6.45, 7) is 6.14. The molecule has 2 N–H and O–H groups in total. The largest absolute Gasteiger partial charge is 0.439 e. The van der Waals surface area contributed by atoms with Gasteiger partial charge in [-0.3, -0.25) is 4.79 Å². The van der Waals surface area contributed by atoms with Crippen LogP contribution in [0.5, 0.6) is 5.88 Å². The molecule has 0 saturated heterocycles. The van der Waals surface area contributed by atoms with Crippen LogP contribution < -0.4 is 10.5 Å². The number of rotatable bonds is 10. The Labute approximate surface area is 162 Å². The topological polar surface area (TPSA) is 65.2 Å². The minimum atomic E-state index is -0.534. The minimum absolute atomic E-state index is 0.418. The normalized spacial score (nSPS) is 12.0. The Kier molecular flexibility index (Phi) is 8.05. The molecule has 144 valence electrons. The van der Waals surface area contributed by atoms with E-state index in [0.717, 1.165) is 34.9 Å². The second-order valence-electron chi connectivity index (χ2n) is 6.83. The van der Waals surface area contributed by atoms with Crippen molar-refractivity contribution in [1.29, 1.82) is 0 Å². The van der Waals surface area contributed by atoms with Crippen molar-refractivity contribution in [2.75, 3.05) is 0 Å². The number of hydrogen-bond acceptors (Lipinski definition) is 3. The fourth-order valence-electron chi connectivity index (χ4n) is 3.07. The van der Waals surface area contributed by atoms with Gasteiger partial charge < -0.3 is 10.5 Å². The molecule has 1 amide bonds. The number of carbonyl (C=O) groups is 1. The number of benzene rings is 1. The lowest BCUT2D eigenvalue weighted by Gasteiger charge is -2.12. The van der Waals surface area contributed by atoms with Crippen LogP contribution in [0.25, 0.3) is 10.8 Å². The maximum atomic E-state index is 11.4. The summed E-state index contributed by atoms with van der Waals surface area (Å²) in [6, 6.07) is 8.10. The Morgan fingerprint density at radius 3 is 2.52 bits per heavy atom. The first-order valence-electron chi connectivity index (χ1n) is 9.74. The smallest absolute Gasteiger partial charge is 0.245 e. The van der Waals surface area contributed by atoms with Crippen molar-refractivity contribution in [2.24, 2.45) is 5.73 Å². The molecule has 0 bridgehead atoms. The molecule has 1 aromatic carbocycles. The molecule has 0 aliphatic heterocycles. The van der Waals surface area contributed by atoms with E-state index in [4.69, 9.17) is 10.5 Å². The minimum Gasteiger partial charge on any atom is -0.439 e. The van der Waals surface area contributed by atoms with Crippen LogP contribution in [0.1, 0.15) is 56.7 Å². The summed E-state index contributed by atoms with van der Waals surface area (Å²) in [4.78, 5) is 16.0. The fourth-order valence-corrected chi connectivity index (χ4v) is 3.07. The summed E-state index contributed by atoms with van der Waals surface area (Å²) in [5.74, 6) is 0.389. The van der Waals surface area contributed by atoms with Crippen molar-refractivity contribution >= 4 is 16.7 Å². The SMILES string of the molecule is CCCCCCC/C=C/C(=C\C(N)=O)Oc1nc(C)c2ccccc2c1C. The first-order chi connectivity index (χ1) is 13.0. The van der Waals surface area contributed by atoms with Gasteiger partial charge in [-0.2, -0.15) is 0 Å². The van der Waals surface area contributed by atoms with E-state index in [1.807, 2.05) is 44.2 Å². The number of pyridine rings is 1. The summed E-state index contributed by atoms with van der Waals surface area (Å²) in [6.07, 6.45) is 12.2. The number of nitrogens with two attached hydrogens (primary N) is 1. The Morgan fingerprint density at radius 2 is 1.81 bits per heavy atom. The summed E-state index contributed by atoms with van der Waals surface area (Å²) in [5.41, 5.74) is 7.18. The van der Waals surface area contributed by atoms with Gasteiger partial charge in [0.15, 0.2) is 0 Å². The quantitative estimate of drug-likeness (QED) is 0.261. The van der Waals surface area contributed by atoms with Gasteiger partial charge in [-0.15, -0.1) is 0 Å². The van der Waals surface area contributed by atoms with E-state index in [-0.39, 0.29) is 0 Å². The van der Waals surface area contributed by atoms with Crippen LogP contribution in [0.2, 0.25) is 0 Å². The van der Waals surface area contributed by atoms with Crippen molar-refractivity contribution in [1.82, 2.24) is 4.98 Å². The first-order valence-corrected chi connectivity index (χ1v) is 9.74. The molecule has 0 radical (unpaired) electrons. The second-order valence-corrected chi connectivity index (χ2v) is 6.83. The van der Waals surface area contributed by atoms with Crippen molar-refractivity contribution in [2.45, 2.75) is 59.3 Å². The van der Waals surface area contributed by atoms with E-state index in [2.05, 4.69) is 18.0 Å². The van der Waals surface area contributed by atoms with E-state index in [9.17, 15) is 4.79 Å². The van der Waals surface area contributed by atoms with Crippen LogP contribution in [0.15, 0.2) is 48.3 Å². The van der Waals surface area contributed by atoms with E-state index in [1.54, 1.807) is 0 Å². The predicted octanol–water partition coefficient (Wildman–Crippen LogP) is 5.52. The van der Waals surface area contributed by atoms with Gasteiger partial charge >= 0.3 is 0 Å². The maximum absolute atomic E-state index is 11.4. The van der Waals surface area contributed by atoms with Gasteiger partial charge in [-0.25, -0.2) is 4.98 Å². The fraction of sp³-hybridized carbons (Fsp3) is 0.391. The zero-order valence-corrected chi connectivity index (χ0v) is 16.6. The molecule has 0 fully saturated rings. The van der Waals surface area contributed by atoms with Crippen molar-refractivity contribution in [3.63, 3.8) is 0 Å². The van der Waals surface area contributed by atoms with Crippen LogP contribution in [-0.2, 0) is 4.79 Å². The molecule has 0 aliphatic carbocycles. The highest BCUT2D eigenvalue weighted by atomic mass is 16.5. The third-order valence-electron chi connectivity index (χ3n) is 4.57. The van der Waals surface area contributed by atoms with Crippen molar-refractivity contribution < 1.29 is 9.53 Å². The number of unbranched alkanes of at least 4 members (excludes halogenated alkanes) is 5. The molecule has 0 unspecified atom stereocenters. The number of ether oxygens (including phenoxy) is 1. The Morgan fingerprint density at radius 1 is 1.11 bits per heavy atom. The zero-order valence-electron chi connectivity index (χ0n) is 16.6. The molecule has 0 saturated carbocycles. The van der Waals surface area contributed by atoms with Crippen molar-refractivity contribution in [3.8, 4) is 5.88 Å². The Balaban J connectivity index is 2.14. The maximum Gasteiger partial charge on any atom is 0.245 e. The Bertz CT molecular complexity index is 838. The highest BCUT2D eigenvalue weighted by Gasteiger charge is 2.11. The van der Waals surface area contributed by atoms with Crippen LogP contribution in [-0.4, -0.2) is 10.9 Å². The molecule has 2 aromatic rings. The highest BCUT2D eigenvalue weighted by molar-refractivity contribution is 5.89. The number of nitrogens with zero attached hydrogens (tertiary/aromatic N) is 1. The van der Waals surface area contributed by atoms with Gasteiger partial charge in [0.25, 0.3) is 0 Å². The lowest BCUT2D eigenvalue weighted by molar-refractivity contribution is -0.113. The third-order valence-corrected chi connectivity index (χ3v) is 4.57. The molecule has 27 heavy (non-hydrogen) atoms. The van der Waals surface area contributed by atoms with Gasteiger partial charge in [0.1, 0.15) is 5.76 Å². The average Bonchev–Trinajstić information content (AvgIpc) is 2.64.